The van der Waals surface area contributed by atoms with Crippen molar-refractivity contribution in [1.82, 2.24) is 5.32 Å². The molecule has 0 unspecified atom stereocenters. The van der Waals surface area contributed by atoms with Gasteiger partial charge in [0.1, 0.15) is 11.6 Å². The zero-order chi connectivity index (χ0) is 11.5. The van der Waals surface area contributed by atoms with E-state index in [-0.39, 0.29) is 0 Å². The molecule has 1 fully saturated rings. The lowest BCUT2D eigenvalue weighted by Crippen LogP contribution is -2.26. The standard InChI is InChI=1S/C13H17F2N/c1-9-2-5-12(6-9)16-8-10-3-4-11(14)7-13(10)15/h3-4,7,9,12,16H,2,5-6,8H2,1H3/t9-,12+/m1/s1. The molecule has 1 aliphatic rings. The van der Waals surface area contributed by atoms with Gasteiger partial charge in [0.15, 0.2) is 0 Å². The van der Waals surface area contributed by atoms with Crippen LogP contribution in [0.1, 0.15) is 31.7 Å². The largest absolute Gasteiger partial charge is 0.310 e. The van der Waals surface area contributed by atoms with Crippen molar-refractivity contribution >= 4 is 0 Å². The van der Waals surface area contributed by atoms with Crippen molar-refractivity contribution < 1.29 is 8.78 Å². The Balaban J connectivity index is 1.89. The van der Waals surface area contributed by atoms with Gasteiger partial charge in [0.2, 0.25) is 0 Å². The van der Waals surface area contributed by atoms with Crippen LogP contribution in [0.2, 0.25) is 0 Å². The minimum Gasteiger partial charge on any atom is -0.310 e. The molecule has 0 aliphatic heterocycles. The number of benzene rings is 1. The van der Waals surface area contributed by atoms with Crippen LogP contribution in [0.3, 0.4) is 0 Å². The summed E-state index contributed by atoms with van der Waals surface area (Å²) in [6.07, 6.45) is 3.55. The Kier molecular flexibility index (Phi) is 3.54. The number of rotatable bonds is 3. The number of nitrogens with one attached hydrogen (secondary N) is 1. The van der Waals surface area contributed by atoms with Gasteiger partial charge in [-0.05, 0) is 31.2 Å². The maximum Gasteiger partial charge on any atom is 0.130 e. The Morgan fingerprint density at radius 1 is 1.31 bits per heavy atom. The summed E-state index contributed by atoms with van der Waals surface area (Å²) in [5.74, 6) is -0.218. The number of hydrogen-bond acceptors (Lipinski definition) is 1. The highest BCUT2D eigenvalue weighted by molar-refractivity contribution is 5.18. The fourth-order valence-electron chi connectivity index (χ4n) is 2.31. The van der Waals surface area contributed by atoms with Crippen molar-refractivity contribution in [2.24, 2.45) is 5.92 Å². The third-order valence-electron chi connectivity index (χ3n) is 3.29. The molecule has 0 aromatic heterocycles. The Hall–Kier alpha value is -0.960. The molecule has 0 amide bonds. The molecule has 2 rings (SSSR count). The summed E-state index contributed by atoms with van der Waals surface area (Å²) in [6.45, 7) is 2.73. The molecular formula is C13H17F2N. The van der Waals surface area contributed by atoms with E-state index in [1.165, 1.54) is 18.6 Å². The zero-order valence-corrected chi connectivity index (χ0v) is 9.47. The third kappa shape index (κ3) is 2.79. The van der Waals surface area contributed by atoms with Gasteiger partial charge in [0.05, 0.1) is 0 Å². The maximum atomic E-state index is 13.3. The van der Waals surface area contributed by atoms with Crippen LogP contribution >= 0.6 is 0 Å². The normalized spacial score (nSPS) is 24.9. The molecule has 1 aromatic carbocycles. The van der Waals surface area contributed by atoms with Gasteiger partial charge in [0, 0.05) is 24.2 Å². The van der Waals surface area contributed by atoms with Crippen LogP contribution in [0, 0.1) is 17.6 Å². The van der Waals surface area contributed by atoms with Crippen LogP contribution in [0.5, 0.6) is 0 Å². The highest BCUT2D eigenvalue weighted by Crippen LogP contribution is 2.24. The summed E-state index contributed by atoms with van der Waals surface area (Å²) in [4.78, 5) is 0. The second kappa shape index (κ2) is 4.91. The molecule has 1 aromatic rings. The van der Waals surface area contributed by atoms with Gasteiger partial charge >= 0.3 is 0 Å². The zero-order valence-electron chi connectivity index (χ0n) is 9.47. The predicted molar refractivity (Wildman–Crippen MR) is 60.0 cm³/mol. The molecule has 1 nitrogen and oxygen atoms in total. The van der Waals surface area contributed by atoms with Crippen molar-refractivity contribution in [2.75, 3.05) is 0 Å². The lowest BCUT2D eigenvalue weighted by molar-refractivity contribution is 0.489. The first-order valence-corrected chi connectivity index (χ1v) is 5.82. The molecule has 16 heavy (non-hydrogen) atoms. The van der Waals surface area contributed by atoms with Gasteiger partial charge in [-0.2, -0.15) is 0 Å². The molecule has 0 saturated heterocycles. The van der Waals surface area contributed by atoms with E-state index >= 15 is 0 Å². The van der Waals surface area contributed by atoms with Crippen LogP contribution < -0.4 is 5.32 Å². The van der Waals surface area contributed by atoms with E-state index in [0.717, 1.165) is 24.8 Å². The SMILES string of the molecule is C[C@@H]1CC[C@H](NCc2ccc(F)cc2F)C1. The Morgan fingerprint density at radius 3 is 2.75 bits per heavy atom. The van der Waals surface area contributed by atoms with Gasteiger partial charge < -0.3 is 5.32 Å². The van der Waals surface area contributed by atoms with Crippen LogP contribution in [-0.2, 0) is 6.54 Å². The fraction of sp³-hybridized carbons (Fsp3) is 0.538. The molecule has 88 valence electrons. The van der Waals surface area contributed by atoms with Crippen LogP contribution in [0.15, 0.2) is 18.2 Å². The molecule has 1 aliphatic carbocycles. The van der Waals surface area contributed by atoms with Crippen molar-refractivity contribution in [1.29, 1.82) is 0 Å². The average Bonchev–Trinajstić information content (AvgIpc) is 2.63. The number of hydrogen-bond donors (Lipinski definition) is 1. The van der Waals surface area contributed by atoms with Gasteiger partial charge in [-0.1, -0.05) is 13.0 Å². The van der Waals surface area contributed by atoms with Crippen LogP contribution in [0.25, 0.3) is 0 Å². The first kappa shape index (κ1) is 11.5. The van der Waals surface area contributed by atoms with Crippen LogP contribution in [0.4, 0.5) is 8.78 Å². The second-order valence-electron chi connectivity index (χ2n) is 4.73. The molecule has 1 saturated carbocycles. The Morgan fingerprint density at radius 2 is 2.12 bits per heavy atom. The van der Waals surface area contributed by atoms with Gasteiger partial charge in [-0.3, -0.25) is 0 Å². The second-order valence-corrected chi connectivity index (χ2v) is 4.73. The molecule has 0 radical (unpaired) electrons. The quantitative estimate of drug-likeness (QED) is 0.832. The van der Waals surface area contributed by atoms with Crippen LogP contribution in [-0.4, -0.2) is 6.04 Å². The molecule has 0 spiro atoms. The van der Waals surface area contributed by atoms with E-state index in [2.05, 4.69) is 12.2 Å². The summed E-state index contributed by atoms with van der Waals surface area (Å²) in [7, 11) is 0. The molecule has 2 atom stereocenters. The predicted octanol–water partition coefficient (Wildman–Crippen LogP) is 3.24. The van der Waals surface area contributed by atoms with Crippen molar-refractivity contribution in [2.45, 2.75) is 38.8 Å². The highest BCUT2D eigenvalue weighted by atomic mass is 19.1. The van der Waals surface area contributed by atoms with Gasteiger partial charge in [0.25, 0.3) is 0 Å². The first-order chi connectivity index (χ1) is 7.65. The molecule has 3 heteroatoms. The van der Waals surface area contributed by atoms with Gasteiger partial charge in [-0.15, -0.1) is 0 Å². The monoisotopic (exact) mass is 225 g/mol. The molecular weight excluding hydrogens is 208 g/mol. The highest BCUT2D eigenvalue weighted by Gasteiger charge is 2.20. The topological polar surface area (TPSA) is 12.0 Å². The summed E-state index contributed by atoms with van der Waals surface area (Å²) in [5.41, 5.74) is 0.543. The Labute approximate surface area is 94.9 Å². The first-order valence-electron chi connectivity index (χ1n) is 5.82. The van der Waals surface area contributed by atoms with E-state index in [9.17, 15) is 8.78 Å². The van der Waals surface area contributed by atoms with E-state index in [1.807, 2.05) is 0 Å². The molecule has 0 bridgehead atoms. The maximum absolute atomic E-state index is 13.3. The minimum atomic E-state index is -0.518. The lowest BCUT2D eigenvalue weighted by atomic mass is 10.1. The smallest absolute Gasteiger partial charge is 0.130 e. The summed E-state index contributed by atoms with van der Waals surface area (Å²) < 4.78 is 26.0. The summed E-state index contributed by atoms with van der Waals surface area (Å²) in [6, 6.07) is 4.24. The van der Waals surface area contributed by atoms with E-state index in [4.69, 9.17) is 0 Å². The van der Waals surface area contributed by atoms with E-state index < -0.39 is 11.6 Å². The van der Waals surface area contributed by atoms with E-state index in [1.54, 1.807) is 0 Å². The fourth-order valence-corrected chi connectivity index (χ4v) is 2.31. The summed E-state index contributed by atoms with van der Waals surface area (Å²) in [5, 5.41) is 3.33. The third-order valence-corrected chi connectivity index (χ3v) is 3.29. The molecule has 0 heterocycles. The average molecular weight is 225 g/mol. The van der Waals surface area contributed by atoms with Crippen molar-refractivity contribution in [3.8, 4) is 0 Å². The van der Waals surface area contributed by atoms with Crippen molar-refractivity contribution in [3.63, 3.8) is 0 Å². The van der Waals surface area contributed by atoms with Gasteiger partial charge in [-0.25, -0.2) is 8.78 Å². The van der Waals surface area contributed by atoms with Crippen molar-refractivity contribution in [3.05, 3.63) is 35.4 Å². The molecule has 1 N–H and O–H groups in total. The van der Waals surface area contributed by atoms with E-state index in [0.29, 0.717) is 18.2 Å². The Bertz CT molecular complexity index is 365. The number of halogens is 2. The lowest BCUT2D eigenvalue weighted by Gasteiger charge is -2.12. The minimum absolute atomic E-state index is 0.460. The summed E-state index contributed by atoms with van der Waals surface area (Å²) >= 11 is 0.